The second kappa shape index (κ2) is 8.71. The largest absolute Gasteiger partial charge is 0.472 e. The molecule has 0 N–H and O–H groups in total. The number of rotatable bonds is 4. The Morgan fingerprint density at radius 3 is 2.53 bits per heavy atom. The number of amides is 1. The lowest BCUT2D eigenvalue weighted by atomic mass is 9.89. The molecular weight excluding hydrogens is 483 g/mol. The second-order valence-electron chi connectivity index (χ2n) is 8.58. The first-order valence-corrected chi connectivity index (χ1v) is 11.7. The van der Waals surface area contributed by atoms with Gasteiger partial charge in [-0.15, -0.1) is 0 Å². The van der Waals surface area contributed by atoms with Gasteiger partial charge < -0.3 is 9.32 Å². The fourth-order valence-electron chi connectivity index (χ4n) is 4.51. The Morgan fingerprint density at radius 2 is 1.88 bits per heavy atom. The van der Waals surface area contributed by atoms with Crippen LogP contribution in [0.3, 0.4) is 0 Å². The van der Waals surface area contributed by atoms with E-state index in [0.29, 0.717) is 24.2 Å². The molecule has 9 heteroatoms. The zero-order chi connectivity index (χ0) is 24.0. The van der Waals surface area contributed by atoms with Gasteiger partial charge >= 0.3 is 0 Å². The molecule has 0 bridgehead atoms. The number of carbonyl (C=O) groups excluding carboxylic acids is 1. The van der Waals surface area contributed by atoms with E-state index in [1.165, 1.54) is 23.0 Å². The topological polar surface area (TPSA) is 50.8 Å². The fraction of sp³-hybridized carbons (Fsp3) is 0.280. The summed E-state index contributed by atoms with van der Waals surface area (Å²) in [4.78, 5) is 19.3. The van der Waals surface area contributed by atoms with Crippen LogP contribution in [0.5, 0.6) is 0 Å². The number of hydrogen-bond donors (Lipinski definition) is 0. The molecule has 3 aromatic heterocycles. The predicted octanol–water partition coefficient (Wildman–Crippen LogP) is 7.03. The number of benzene rings is 1. The fourth-order valence-corrected chi connectivity index (χ4v) is 5.05. The van der Waals surface area contributed by atoms with Crippen LogP contribution in [0.2, 0.25) is 10.2 Å². The van der Waals surface area contributed by atoms with Gasteiger partial charge in [-0.25, -0.2) is 13.8 Å². The molecule has 5 rings (SSSR count). The zero-order valence-corrected chi connectivity index (χ0v) is 19.8. The van der Waals surface area contributed by atoms with Crippen molar-refractivity contribution in [3.8, 4) is 11.1 Å². The lowest BCUT2D eigenvalue weighted by Crippen LogP contribution is -2.38. The van der Waals surface area contributed by atoms with E-state index < -0.39 is 5.92 Å². The van der Waals surface area contributed by atoms with E-state index in [0.717, 1.165) is 30.4 Å². The van der Waals surface area contributed by atoms with Gasteiger partial charge in [0.05, 0.1) is 18.1 Å². The molecule has 0 atom stereocenters. The minimum atomic E-state index is -3.19. The molecule has 0 radical (unpaired) electrons. The van der Waals surface area contributed by atoms with Crippen LogP contribution in [0.4, 0.5) is 8.78 Å². The van der Waals surface area contributed by atoms with Crippen molar-refractivity contribution in [2.75, 3.05) is 13.1 Å². The van der Waals surface area contributed by atoms with E-state index in [9.17, 15) is 13.6 Å². The van der Waals surface area contributed by atoms with Gasteiger partial charge in [-0.2, -0.15) is 0 Å². The first kappa shape index (κ1) is 22.9. The summed E-state index contributed by atoms with van der Waals surface area (Å²) >= 11 is 12.9. The number of piperidine rings is 1. The molecule has 4 aromatic rings. The number of alkyl halides is 2. The first-order chi connectivity index (χ1) is 16.2. The molecule has 34 heavy (non-hydrogen) atoms. The molecule has 0 unspecified atom stereocenters. The van der Waals surface area contributed by atoms with Crippen LogP contribution < -0.4 is 0 Å². The summed E-state index contributed by atoms with van der Waals surface area (Å²) in [5.74, 6) is -3.32. The maximum absolute atomic E-state index is 14.5. The van der Waals surface area contributed by atoms with Crippen molar-refractivity contribution in [1.82, 2.24) is 14.3 Å². The Labute approximate surface area is 204 Å². The number of imidazole rings is 1. The molecule has 1 aromatic carbocycles. The number of carbonyl (C=O) groups is 1. The Hall–Kier alpha value is -2.90. The summed E-state index contributed by atoms with van der Waals surface area (Å²) in [6.07, 6.45) is 5.98. The molecule has 176 valence electrons. The van der Waals surface area contributed by atoms with E-state index >= 15 is 0 Å². The molecule has 0 saturated carbocycles. The molecule has 1 saturated heterocycles. The van der Waals surface area contributed by atoms with Gasteiger partial charge in [0, 0.05) is 42.4 Å². The molecular formula is C25H21Cl2F2N3O2. The number of halogens is 4. The molecule has 1 aliphatic heterocycles. The minimum absolute atomic E-state index is 0.00377. The summed E-state index contributed by atoms with van der Waals surface area (Å²) < 4.78 is 35.5. The quantitative estimate of drug-likeness (QED) is 0.300. The summed E-state index contributed by atoms with van der Waals surface area (Å²) in [6.45, 7) is 1.79. The van der Waals surface area contributed by atoms with Gasteiger partial charge in [0.2, 0.25) is 0 Å². The molecule has 1 fully saturated rings. The maximum Gasteiger partial charge on any atom is 0.275 e. The van der Waals surface area contributed by atoms with Crippen molar-refractivity contribution >= 4 is 34.8 Å². The van der Waals surface area contributed by atoms with Crippen molar-refractivity contribution in [1.29, 1.82) is 0 Å². The zero-order valence-electron chi connectivity index (χ0n) is 18.3. The number of hydrogen-bond acceptors (Lipinski definition) is 3. The van der Waals surface area contributed by atoms with E-state index in [1.807, 2.05) is 24.3 Å². The third-order valence-electron chi connectivity index (χ3n) is 6.32. The normalized spacial score (nSPS) is 15.3. The number of furan rings is 1. The van der Waals surface area contributed by atoms with Crippen LogP contribution in [0.25, 0.3) is 16.8 Å². The smallest absolute Gasteiger partial charge is 0.275 e. The van der Waals surface area contributed by atoms with Gasteiger partial charge in [-0.3, -0.25) is 9.20 Å². The predicted molar refractivity (Wildman–Crippen MR) is 127 cm³/mol. The molecule has 4 heterocycles. The summed E-state index contributed by atoms with van der Waals surface area (Å²) in [5, 5.41) is 0.723. The molecule has 1 aliphatic rings. The Morgan fingerprint density at radius 1 is 1.15 bits per heavy atom. The highest BCUT2D eigenvalue weighted by Crippen LogP contribution is 2.37. The highest BCUT2D eigenvalue weighted by molar-refractivity contribution is 6.33. The summed E-state index contributed by atoms with van der Waals surface area (Å²) in [7, 11) is 0. The van der Waals surface area contributed by atoms with Crippen LogP contribution in [0.1, 0.15) is 47.3 Å². The SMILES string of the molecule is CC(F)(F)c1cc(-c2ccoc2)cn2c(Cl)c(C(=O)N3CCC(c4ccccc4Cl)CC3)nc12. The minimum Gasteiger partial charge on any atom is -0.472 e. The average molecular weight is 504 g/mol. The molecule has 5 nitrogen and oxygen atoms in total. The number of pyridine rings is 1. The van der Waals surface area contributed by atoms with E-state index in [-0.39, 0.29) is 33.9 Å². The van der Waals surface area contributed by atoms with Crippen molar-refractivity contribution < 1.29 is 18.0 Å². The monoisotopic (exact) mass is 503 g/mol. The number of nitrogens with zero attached hydrogens (tertiary/aromatic N) is 3. The van der Waals surface area contributed by atoms with Crippen LogP contribution in [0, 0.1) is 0 Å². The van der Waals surface area contributed by atoms with Crippen LogP contribution in [-0.4, -0.2) is 33.3 Å². The van der Waals surface area contributed by atoms with Crippen molar-refractivity contribution in [2.45, 2.75) is 31.6 Å². The molecule has 1 amide bonds. The third-order valence-corrected chi connectivity index (χ3v) is 7.02. The van der Waals surface area contributed by atoms with Gasteiger partial charge in [0.25, 0.3) is 11.8 Å². The maximum atomic E-state index is 14.5. The average Bonchev–Trinajstić information content (AvgIpc) is 3.47. The standard InChI is InChI=1S/C25H21Cl2F2N3O2/c1-25(28,29)19-12-17(16-8-11-34-14-16)13-32-22(27)21(30-23(19)32)24(33)31-9-6-15(7-10-31)18-4-2-3-5-20(18)26/h2-5,8,11-15H,6-7,9-10H2,1H3. The molecule has 0 aliphatic carbocycles. The second-order valence-corrected chi connectivity index (χ2v) is 9.34. The van der Waals surface area contributed by atoms with Crippen LogP contribution >= 0.6 is 23.2 Å². The Kier molecular flexibility index (Phi) is 5.86. The van der Waals surface area contributed by atoms with Crippen LogP contribution in [0.15, 0.2) is 59.5 Å². The van der Waals surface area contributed by atoms with Gasteiger partial charge in [-0.1, -0.05) is 41.4 Å². The number of aromatic nitrogens is 2. The lowest BCUT2D eigenvalue weighted by molar-refractivity contribution is 0.0185. The van der Waals surface area contributed by atoms with E-state index in [1.54, 1.807) is 17.2 Å². The highest BCUT2D eigenvalue weighted by Gasteiger charge is 2.33. The highest BCUT2D eigenvalue weighted by atomic mass is 35.5. The van der Waals surface area contributed by atoms with Crippen molar-refractivity contribution in [3.63, 3.8) is 0 Å². The van der Waals surface area contributed by atoms with E-state index in [2.05, 4.69) is 4.98 Å². The molecule has 0 spiro atoms. The Balaban J connectivity index is 1.47. The lowest BCUT2D eigenvalue weighted by Gasteiger charge is -2.32. The Bertz CT molecular complexity index is 1350. The number of likely N-dealkylation sites (tertiary alicyclic amines) is 1. The first-order valence-electron chi connectivity index (χ1n) is 10.9. The van der Waals surface area contributed by atoms with Gasteiger partial charge in [0.1, 0.15) is 10.8 Å². The van der Waals surface area contributed by atoms with Crippen molar-refractivity contribution in [2.24, 2.45) is 0 Å². The number of fused-ring (bicyclic) bond motifs is 1. The van der Waals surface area contributed by atoms with E-state index in [4.69, 9.17) is 27.6 Å². The van der Waals surface area contributed by atoms with Gasteiger partial charge in [0.15, 0.2) is 5.69 Å². The van der Waals surface area contributed by atoms with Gasteiger partial charge in [-0.05, 0) is 42.5 Å². The summed E-state index contributed by atoms with van der Waals surface area (Å²) in [5.41, 5.74) is 1.78. The summed E-state index contributed by atoms with van der Waals surface area (Å²) in [6, 6.07) is 10.7. The van der Waals surface area contributed by atoms with Crippen molar-refractivity contribution in [3.05, 3.63) is 82.1 Å². The third kappa shape index (κ3) is 4.07. The van der Waals surface area contributed by atoms with Crippen LogP contribution in [-0.2, 0) is 5.92 Å².